The maximum Gasteiger partial charge on any atom is 0.129 e. The molecule has 4 heteroatoms. The lowest BCUT2D eigenvalue weighted by molar-refractivity contribution is 0.227. The molecule has 2 N–H and O–H groups in total. The molecule has 1 aromatic rings. The quantitative estimate of drug-likeness (QED) is 0.923. The minimum absolute atomic E-state index is 0.0266. The normalized spacial score (nSPS) is 28.6. The van der Waals surface area contributed by atoms with E-state index in [9.17, 15) is 4.39 Å². The van der Waals surface area contributed by atoms with Gasteiger partial charge in [0, 0.05) is 35.7 Å². The van der Waals surface area contributed by atoms with Gasteiger partial charge in [0.1, 0.15) is 5.82 Å². The molecule has 0 radical (unpaired) electrons. The van der Waals surface area contributed by atoms with Crippen LogP contribution < -0.4 is 5.73 Å². The molecular formula is C15H20BrFN2. The van der Waals surface area contributed by atoms with Crippen LogP contribution in [0.25, 0.3) is 0 Å². The summed E-state index contributed by atoms with van der Waals surface area (Å²) < 4.78 is 14.9. The predicted octanol–water partition coefficient (Wildman–Crippen LogP) is 3.32. The average molecular weight is 327 g/mol. The van der Waals surface area contributed by atoms with Crippen LogP contribution >= 0.6 is 15.9 Å². The van der Waals surface area contributed by atoms with Crippen LogP contribution in [-0.2, 0) is 0 Å². The van der Waals surface area contributed by atoms with Crippen molar-refractivity contribution in [3.8, 4) is 0 Å². The Balaban J connectivity index is 1.81. The number of halogens is 2. The summed E-state index contributed by atoms with van der Waals surface area (Å²) in [5.74, 6) is 1.47. The molecule has 0 spiro atoms. The Kier molecular flexibility index (Phi) is 3.92. The van der Waals surface area contributed by atoms with Crippen molar-refractivity contribution in [2.75, 3.05) is 19.6 Å². The monoisotopic (exact) mass is 326 g/mol. The van der Waals surface area contributed by atoms with Gasteiger partial charge in [0.15, 0.2) is 0 Å². The lowest BCUT2D eigenvalue weighted by atomic mass is 10.0. The fourth-order valence-electron chi connectivity index (χ4n) is 3.77. The number of fused-ring (bicyclic) bond motifs is 1. The van der Waals surface area contributed by atoms with Gasteiger partial charge in [-0.2, -0.15) is 0 Å². The molecule has 3 rings (SSSR count). The smallest absolute Gasteiger partial charge is 0.129 e. The standard InChI is InChI=1S/C15H20BrFN2/c16-12-4-5-13(14(17)6-12)15(7-18)19-8-10-2-1-3-11(10)9-19/h4-6,10-11,15H,1-3,7-9,18H2. The Hall–Kier alpha value is -0.450. The molecule has 0 bridgehead atoms. The minimum Gasteiger partial charge on any atom is -0.329 e. The zero-order valence-corrected chi connectivity index (χ0v) is 12.6. The third-order valence-electron chi connectivity index (χ3n) is 4.74. The predicted molar refractivity (Wildman–Crippen MR) is 78.3 cm³/mol. The highest BCUT2D eigenvalue weighted by molar-refractivity contribution is 9.10. The first-order valence-electron chi connectivity index (χ1n) is 7.08. The molecule has 2 fully saturated rings. The van der Waals surface area contributed by atoms with Crippen molar-refractivity contribution in [1.82, 2.24) is 4.90 Å². The number of hydrogen-bond donors (Lipinski definition) is 1. The third kappa shape index (κ3) is 2.58. The van der Waals surface area contributed by atoms with E-state index in [1.807, 2.05) is 12.1 Å². The van der Waals surface area contributed by atoms with Crippen LogP contribution in [0.4, 0.5) is 4.39 Å². The zero-order valence-electron chi connectivity index (χ0n) is 11.0. The fraction of sp³-hybridized carbons (Fsp3) is 0.600. The van der Waals surface area contributed by atoms with Crippen molar-refractivity contribution in [1.29, 1.82) is 0 Å². The number of nitrogens with two attached hydrogens (primary N) is 1. The van der Waals surface area contributed by atoms with Crippen LogP contribution in [0.5, 0.6) is 0 Å². The first kappa shape index (κ1) is 13.5. The molecule has 19 heavy (non-hydrogen) atoms. The van der Waals surface area contributed by atoms with E-state index < -0.39 is 0 Å². The highest BCUT2D eigenvalue weighted by Gasteiger charge is 2.39. The summed E-state index contributed by atoms with van der Waals surface area (Å²) in [5.41, 5.74) is 6.66. The van der Waals surface area contributed by atoms with Crippen molar-refractivity contribution in [3.05, 3.63) is 34.1 Å². The van der Waals surface area contributed by atoms with Crippen molar-refractivity contribution >= 4 is 15.9 Å². The summed E-state index contributed by atoms with van der Waals surface area (Å²) in [7, 11) is 0. The Morgan fingerprint density at radius 1 is 1.32 bits per heavy atom. The van der Waals surface area contributed by atoms with Crippen LogP contribution in [0.15, 0.2) is 22.7 Å². The molecule has 1 saturated heterocycles. The molecule has 1 heterocycles. The Morgan fingerprint density at radius 3 is 2.58 bits per heavy atom. The topological polar surface area (TPSA) is 29.3 Å². The van der Waals surface area contributed by atoms with E-state index in [0.29, 0.717) is 6.54 Å². The van der Waals surface area contributed by atoms with E-state index in [1.54, 1.807) is 0 Å². The highest BCUT2D eigenvalue weighted by atomic mass is 79.9. The summed E-state index contributed by atoms with van der Waals surface area (Å²) in [6.07, 6.45) is 4.03. The van der Waals surface area contributed by atoms with Crippen LogP contribution in [0, 0.1) is 17.7 Å². The molecule has 1 aromatic carbocycles. The van der Waals surface area contributed by atoms with Gasteiger partial charge in [-0.05, 0) is 36.8 Å². The van der Waals surface area contributed by atoms with Gasteiger partial charge in [-0.25, -0.2) is 4.39 Å². The Morgan fingerprint density at radius 2 is 2.00 bits per heavy atom. The summed E-state index contributed by atoms with van der Waals surface area (Å²) in [6, 6.07) is 5.33. The van der Waals surface area contributed by atoms with Gasteiger partial charge in [-0.15, -0.1) is 0 Å². The summed E-state index contributed by atoms with van der Waals surface area (Å²) in [5, 5.41) is 0. The van der Waals surface area contributed by atoms with Gasteiger partial charge in [-0.1, -0.05) is 28.4 Å². The second kappa shape index (κ2) is 5.51. The van der Waals surface area contributed by atoms with Gasteiger partial charge < -0.3 is 5.73 Å². The Bertz CT molecular complexity index is 453. The third-order valence-corrected chi connectivity index (χ3v) is 5.23. The number of rotatable bonds is 3. The second-order valence-electron chi connectivity index (χ2n) is 5.82. The van der Waals surface area contributed by atoms with Gasteiger partial charge >= 0.3 is 0 Å². The Labute approximate surface area is 122 Å². The molecule has 3 unspecified atom stereocenters. The first-order chi connectivity index (χ1) is 9.19. The molecule has 1 aliphatic carbocycles. The highest BCUT2D eigenvalue weighted by Crippen LogP contribution is 2.41. The average Bonchev–Trinajstić information content (AvgIpc) is 2.93. The maximum absolute atomic E-state index is 14.1. The first-order valence-corrected chi connectivity index (χ1v) is 7.87. The van der Waals surface area contributed by atoms with Gasteiger partial charge in [0.25, 0.3) is 0 Å². The molecule has 104 valence electrons. The van der Waals surface area contributed by atoms with E-state index in [1.165, 1.54) is 25.3 Å². The molecule has 2 aliphatic rings. The summed E-state index contributed by atoms with van der Waals surface area (Å²) in [4.78, 5) is 2.39. The second-order valence-corrected chi connectivity index (χ2v) is 6.74. The number of hydrogen-bond acceptors (Lipinski definition) is 2. The van der Waals surface area contributed by atoms with E-state index in [0.717, 1.165) is 35.0 Å². The van der Waals surface area contributed by atoms with Crippen molar-refractivity contribution in [2.24, 2.45) is 17.6 Å². The summed E-state index contributed by atoms with van der Waals surface area (Å²) in [6.45, 7) is 2.65. The molecule has 0 aromatic heterocycles. The number of nitrogens with zero attached hydrogens (tertiary/aromatic N) is 1. The van der Waals surface area contributed by atoms with E-state index >= 15 is 0 Å². The molecule has 3 atom stereocenters. The van der Waals surface area contributed by atoms with Gasteiger partial charge in [0.2, 0.25) is 0 Å². The SMILES string of the molecule is NCC(c1ccc(Br)cc1F)N1CC2CCCC2C1. The van der Waals surface area contributed by atoms with Crippen LogP contribution in [-0.4, -0.2) is 24.5 Å². The van der Waals surface area contributed by atoms with Crippen LogP contribution in [0.2, 0.25) is 0 Å². The largest absolute Gasteiger partial charge is 0.329 e. The van der Waals surface area contributed by atoms with Crippen LogP contribution in [0.3, 0.4) is 0 Å². The maximum atomic E-state index is 14.1. The lowest BCUT2D eigenvalue weighted by Crippen LogP contribution is -2.33. The van der Waals surface area contributed by atoms with E-state index in [-0.39, 0.29) is 11.9 Å². The zero-order chi connectivity index (χ0) is 13.4. The van der Waals surface area contributed by atoms with Gasteiger partial charge in [-0.3, -0.25) is 4.90 Å². The molecule has 1 saturated carbocycles. The lowest BCUT2D eigenvalue weighted by Gasteiger charge is -2.28. The number of benzene rings is 1. The molecule has 2 nitrogen and oxygen atoms in total. The number of likely N-dealkylation sites (tertiary alicyclic amines) is 1. The van der Waals surface area contributed by atoms with E-state index in [2.05, 4.69) is 20.8 Å². The molecule has 1 aliphatic heterocycles. The molecular weight excluding hydrogens is 307 g/mol. The fourth-order valence-corrected chi connectivity index (χ4v) is 4.10. The van der Waals surface area contributed by atoms with Crippen molar-refractivity contribution in [3.63, 3.8) is 0 Å². The van der Waals surface area contributed by atoms with Crippen molar-refractivity contribution < 1.29 is 4.39 Å². The van der Waals surface area contributed by atoms with E-state index in [4.69, 9.17) is 5.73 Å². The molecule has 0 amide bonds. The minimum atomic E-state index is -0.151. The van der Waals surface area contributed by atoms with Gasteiger partial charge in [0.05, 0.1) is 0 Å². The summed E-state index contributed by atoms with van der Waals surface area (Å²) >= 11 is 3.31. The van der Waals surface area contributed by atoms with Crippen molar-refractivity contribution in [2.45, 2.75) is 25.3 Å². The van der Waals surface area contributed by atoms with Crippen LogP contribution in [0.1, 0.15) is 30.9 Å².